The first-order chi connectivity index (χ1) is 9.08. The molecule has 0 atom stereocenters. The predicted octanol–water partition coefficient (Wildman–Crippen LogP) is 0.703. The molecule has 1 fully saturated rings. The summed E-state index contributed by atoms with van der Waals surface area (Å²) in [6.45, 7) is 10.9. The first kappa shape index (κ1) is 16.0. The number of nitrogens with one attached hydrogen (secondary N) is 1. The van der Waals surface area contributed by atoms with Gasteiger partial charge in [-0.05, 0) is 25.9 Å². The quantitative estimate of drug-likeness (QED) is 0.772. The smallest absolute Gasteiger partial charge is 0.223 e. The third-order valence-electron chi connectivity index (χ3n) is 3.93. The van der Waals surface area contributed by atoms with Crippen LogP contribution < -0.4 is 5.32 Å². The van der Waals surface area contributed by atoms with Crippen LogP contribution in [-0.2, 0) is 9.59 Å². The topological polar surface area (TPSA) is 52.7 Å². The predicted molar refractivity (Wildman–Crippen MR) is 75.8 cm³/mol. The van der Waals surface area contributed by atoms with Crippen LogP contribution in [0.4, 0.5) is 0 Å². The summed E-state index contributed by atoms with van der Waals surface area (Å²) in [5.41, 5.74) is 0. The molecule has 0 spiro atoms. The molecule has 1 heterocycles. The molecule has 1 aliphatic heterocycles. The largest absolute Gasteiger partial charge is 0.355 e. The van der Waals surface area contributed by atoms with Gasteiger partial charge in [0.2, 0.25) is 11.8 Å². The van der Waals surface area contributed by atoms with Crippen LogP contribution in [0.3, 0.4) is 0 Å². The number of hydrogen-bond acceptors (Lipinski definition) is 3. The molecule has 0 aromatic heterocycles. The first-order valence-corrected chi connectivity index (χ1v) is 7.34. The molecule has 5 heteroatoms. The van der Waals surface area contributed by atoms with Crippen molar-refractivity contribution >= 4 is 11.8 Å². The maximum absolute atomic E-state index is 12.0. The zero-order valence-corrected chi connectivity index (χ0v) is 12.4. The van der Waals surface area contributed by atoms with E-state index in [1.807, 2.05) is 4.90 Å². The Balaban J connectivity index is 2.22. The van der Waals surface area contributed by atoms with Crippen LogP contribution >= 0.6 is 0 Å². The van der Waals surface area contributed by atoms with Gasteiger partial charge in [-0.2, -0.15) is 0 Å². The average molecular weight is 269 g/mol. The average Bonchev–Trinajstić information content (AvgIpc) is 2.43. The van der Waals surface area contributed by atoms with Crippen molar-refractivity contribution in [3.8, 4) is 0 Å². The summed E-state index contributed by atoms with van der Waals surface area (Å²) in [7, 11) is 0. The minimum atomic E-state index is 0.0762. The fourth-order valence-corrected chi connectivity index (χ4v) is 2.48. The van der Waals surface area contributed by atoms with Crippen LogP contribution in [-0.4, -0.2) is 60.9 Å². The second kappa shape index (κ2) is 8.15. The molecule has 0 aromatic carbocycles. The van der Waals surface area contributed by atoms with Gasteiger partial charge in [-0.15, -0.1) is 0 Å². The number of likely N-dealkylation sites (N-methyl/N-ethyl adjacent to an activating group) is 1. The fourth-order valence-electron chi connectivity index (χ4n) is 2.48. The van der Waals surface area contributed by atoms with Gasteiger partial charge in [0, 0.05) is 39.0 Å². The summed E-state index contributed by atoms with van der Waals surface area (Å²) in [5.74, 6) is 0.336. The molecule has 1 N–H and O–H groups in total. The molecular weight excluding hydrogens is 242 g/mol. The Bertz CT molecular complexity index is 295. The van der Waals surface area contributed by atoms with Gasteiger partial charge in [0.1, 0.15) is 0 Å². The van der Waals surface area contributed by atoms with Crippen molar-refractivity contribution in [3.63, 3.8) is 0 Å². The lowest BCUT2D eigenvalue weighted by atomic mass is 9.96. The van der Waals surface area contributed by atoms with E-state index in [9.17, 15) is 9.59 Å². The monoisotopic (exact) mass is 269 g/mol. The Morgan fingerprint density at radius 3 is 2.26 bits per heavy atom. The van der Waals surface area contributed by atoms with Gasteiger partial charge in [0.15, 0.2) is 0 Å². The van der Waals surface area contributed by atoms with E-state index in [0.29, 0.717) is 19.6 Å². The van der Waals surface area contributed by atoms with Crippen molar-refractivity contribution in [2.45, 2.75) is 33.6 Å². The van der Waals surface area contributed by atoms with Gasteiger partial charge in [0.05, 0.1) is 0 Å². The Labute approximate surface area is 116 Å². The normalized spacial score (nSPS) is 16.7. The summed E-state index contributed by atoms with van der Waals surface area (Å²) in [4.78, 5) is 27.3. The summed E-state index contributed by atoms with van der Waals surface area (Å²) in [5, 5.41) is 3.01. The minimum Gasteiger partial charge on any atom is -0.355 e. The number of carbonyl (C=O) groups is 2. The van der Waals surface area contributed by atoms with Crippen LogP contribution in [0.2, 0.25) is 0 Å². The van der Waals surface area contributed by atoms with E-state index in [2.05, 4.69) is 24.1 Å². The number of hydrogen-bond donors (Lipinski definition) is 1. The number of rotatable bonds is 6. The minimum absolute atomic E-state index is 0.0762. The molecule has 1 rings (SSSR count). The number of amides is 2. The molecule has 1 aliphatic rings. The maximum atomic E-state index is 12.0. The zero-order chi connectivity index (χ0) is 14.3. The number of likely N-dealkylation sites (tertiary alicyclic amines) is 1. The van der Waals surface area contributed by atoms with Crippen LogP contribution in [0.5, 0.6) is 0 Å². The summed E-state index contributed by atoms with van der Waals surface area (Å²) in [6, 6.07) is 0. The molecule has 5 nitrogen and oxygen atoms in total. The third kappa shape index (κ3) is 5.19. The van der Waals surface area contributed by atoms with E-state index in [1.165, 1.54) is 0 Å². The van der Waals surface area contributed by atoms with E-state index >= 15 is 0 Å². The molecule has 110 valence electrons. The molecule has 19 heavy (non-hydrogen) atoms. The van der Waals surface area contributed by atoms with Crippen molar-refractivity contribution in [2.75, 3.05) is 39.3 Å². The summed E-state index contributed by atoms with van der Waals surface area (Å²) in [6.07, 6.45) is 1.58. The highest BCUT2D eigenvalue weighted by Gasteiger charge is 2.25. The van der Waals surface area contributed by atoms with Crippen molar-refractivity contribution in [1.29, 1.82) is 0 Å². The van der Waals surface area contributed by atoms with E-state index in [1.54, 1.807) is 6.92 Å². The highest BCUT2D eigenvalue weighted by molar-refractivity contribution is 5.79. The van der Waals surface area contributed by atoms with Gasteiger partial charge in [0.25, 0.3) is 0 Å². The summed E-state index contributed by atoms with van der Waals surface area (Å²) < 4.78 is 0. The van der Waals surface area contributed by atoms with Crippen LogP contribution in [0.25, 0.3) is 0 Å². The highest BCUT2D eigenvalue weighted by atomic mass is 16.2. The third-order valence-corrected chi connectivity index (χ3v) is 3.93. The number of carbonyl (C=O) groups excluding carboxylic acids is 2. The Morgan fingerprint density at radius 1 is 1.21 bits per heavy atom. The van der Waals surface area contributed by atoms with Gasteiger partial charge in [-0.1, -0.05) is 13.8 Å². The Kier molecular flexibility index (Phi) is 6.84. The molecule has 0 saturated carbocycles. The number of nitrogens with zero attached hydrogens (tertiary/aromatic N) is 2. The van der Waals surface area contributed by atoms with E-state index in [0.717, 1.165) is 32.5 Å². The van der Waals surface area contributed by atoms with Gasteiger partial charge in [-0.3, -0.25) is 9.59 Å². The van der Waals surface area contributed by atoms with Crippen LogP contribution in [0.1, 0.15) is 33.6 Å². The van der Waals surface area contributed by atoms with Crippen molar-refractivity contribution in [2.24, 2.45) is 5.92 Å². The van der Waals surface area contributed by atoms with Crippen molar-refractivity contribution in [3.05, 3.63) is 0 Å². The standard InChI is InChI=1S/C14H27N3O2/c1-4-16(5-2)11-8-15-14(19)13-6-9-17(10-7-13)12(3)18/h13H,4-11H2,1-3H3,(H,15,19). The molecule has 2 amide bonds. The molecule has 0 aliphatic carbocycles. The van der Waals surface area contributed by atoms with Crippen molar-refractivity contribution in [1.82, 2.24) is 15.1 Å². The molecular formula is C14H27N3O2. The van der Waals surface area contributed by atoms with Gasteiger partial charge >= 0.3 is 0 Å². The zero-order valence-electron chi connectivity index (χ0n) is 12.4. The second-order valence-electron chi connectivity index (χ2n) is 5.10. The van der Waals surface area contributed by atoms with Crippen LogP contribution in [0, 0.1) is 5.92 Å². The lowest BCUT2D eigenvalue weighted by molar-refractivity contribution is -0.133. The molecule has 0 unspecified atom stereocenters. The SMILES string of the molecule is CCN(CC)CCNC(=O)C1CCN(C(C)=O)CC1. The van der Waals surface area contributed by atoms with E-state index in [-0.39, 0.29) is 17.7 Å². The van der Waals surface area contributed by atoms with Gasteiger partial charge in [-0.25, -0.2) is 0 Å². The lowest BCUT2D eigenvalue weighted by Crippen LogP contribution is -2.43. The first-order valence-electron chi connectivity index (χ1n) is 7.34. The van der Waals surface area contributed by atoms with E-state index in [4.69, 9.17) is 0 Å². The second-order valence-corrected chi connectivity index (χ2v) is 5.10. The summed E-state index contributed by atoms with van der Waals surface area (Å²) >= 11 is 0. The fraction of sp³-hybridized carbons (Fsp3) is 0.857. The number of piperidine rings is 1. The molecule has 1 saturated heterocycles. The Morgan fingerprint density at radius 2 is 1.79 bits per heavy atom. The van der Waals surface area contributed by atoms with Crippen LogP contribution in [0.15, 0.2) is 0 Å². The molecule has 0 radical (unpaired) electrons. The Hall–Kier alpha value is -1.10. The van der Waals surface area contributed by atoms with Gasteiger partial charge < -0.3 is 15.1 Å². The molecule has 0 aromatic rings. The lowest BCUT2D eigenvalue weighted by Gasteiger charge is -2.30. The molecule has 0 bridgehead atoms. The highest BCUT2D eigenvalue weighted by Crippen LogP contribution is 2.17. The maximum Gasteiger partial charge on any atom is 0.223 e. The van der Waals surface area contributed by atoms with E-state index < -0.39 is 0 Å². The van der Waals surface area contributed by atoms with Crippen molar-refractivity contribution < 1.29 is 9.59 Å².